The third-order valence-electron chi connectivity index (χ3n) is 2.95. The van der Waals surface area contributed by atoms with E-state index in [1.165, 1.54) is 6.07 Å². The van der Waals surface area contributed by atoms with Gasteiger partial charge < -0.3 is 10.2 Å². The van der Waals surface area contributed by atoms with Crippen LogP contribution in [0, 0.1) is 17.7 Å². The van der Waals surface area contributed by atoms with E-state index in [4.69, 9.17) is 5.11 Å². The van der Waals surface area contributed by atoms with E-state index in [0.29, 0.717) is 25.1 Å². The topological polar surface area (TPSA) is 43.7 Å². The minimum atomic E-state index is -0.764. The molecule has 0 heterocycles. The van der Waals surface area contributed by atoms with Crippen LogP contribution in [0.25, 0.3) is 0 Å². The molecular weight excluding hydrogens is 269 g/mol. The lowest BCUT2D eigenvalue weighted by atomic mass is 10.1. The molecule has 3 nitrogen and oxygen atoms in total. The minimum absolute atomic E-state index is 0.0243. The van der Waals surface area contributed by atoms with E-state index in [2.05, 4.69) is 16.7 Å². The summed E-state index contributed by atoms with van der Waals surface area (Å²) in [6.45, 7) is 7.52. The molecule has 0 spiro atoms. The van der Waals surface area contributed by atoms with Crippen molar-refractivity contribution in [3.8, 4) is 11.8 Å². The number of halogens is 1. The van der Waals surface area contributed by atoms with Crippen LogP contribution < -0.4 is 0 Å². The molecule has 2 N–H and O–H groups in total. The van der Waals surface area contributed by atoms with Crippen molar-refractivity contribution in [3.05, 3.63) is 35.1 Å². The van der Waals surface area contributed by atoms with Gasteiger partial charge in [-0.2, -0.15) is 0 Å². The first-order valence-electron chi connectivity index (χ1n) is 7.18. The van der Waals surface area contributed by atoms with Gasteiger partial charge in [-0.1, -0.05) is 24.8 Å². The van der Waals surface area contributed by atoms with Gasteiger partial charge >= 0.3 is 0 Å². The second-order valence-corrected chi connectivity index (χ2v) is 5.71. The molecule has 4 heteroatoms. The quantitative estimate of drug-likeness (QED) is 0.790. The Hall–Kier alpha value is -1.41. The second-order valence-electron chi connectivity index (χ2n) is 5.71. The summed E-state index contributed by atoms with van der Waals surface area (Å²) in [7, 11) is 0. The van der Waals surface area contributed by atoms with Crippen molar-refractivity contribution in [2.45, 2.75) is 39.3 Å². The molecule has 0 atom stereocenters. The van der Waals surface area contributed by atoms with Crippen molar-refractivity contribution in [2.75, 3.05) is 19.7 Å². The standard InChI is InChI=1S/C17H24FNO2/c1-4-19(13-17(2,3)21)12-14-8-9-16(18)15(11-14)7-5-6-10-20/h8-9,11,20-21H,4,6,10,12-13H2,1-3H3. The van der Waals surface area contributed by atoms with E-state index in [-0.39, 0.29) is 12.4 Å². The normalized spacial score (nSPS) is 11.4. The molecule has 1 rings (SSSR count). The monoisotopic (exact) mass is 293 g/mol. The molecule has 0 aliphatic rings. The first kappa shape index (κ1) is 17.6. The molecule has 0 saturated carbocycles. The maximum absolute atomic E-state index is 13.7. The summed E-state index contributed by atoms with van der Waals surface area (Å²) in [6, 6.07) is 4.88. The Morgan fingerprint density at radius 2 is 2.05 bits per heavy atom. The lowest BCUT2D eigenvalue weighted by Crippen LogP contribution is -2.38. The van der Waals surface area contributed by atoms with E-state index in [9.17, 15) is 9.50 Å². The van der Waals surface area contributed by atoms with E-state index in [1.54, 1.807) is 26.0 Å². The lowest BCUT2D eigenvalue weighted by Gasteiger charge is -2.28. The Balaban J connectivity index is 2.84. The van der Waals surface area contributed by atoms with Gasteiger partial charge in [0.05, 0.1) is 17.8 Å². The van der Waals surface area contributed by atoms with Gasteiger partial charge in [0.2, 0.25) is 0 Å². The molecule has 0 aliphatic carbocycles. The van der Waals surface area contributed by atoms with Crippen LogP contribution in [0.5, 0.6) is 0 Å². The smallest absolute Gasteiger partial charge is 0.138 e. The van der Waals surface area contributed by atoms with Gasteiger partial charge in [-0.15, -0.1) is 0 Å². The van der Waals surface area contributed by atoms with Gasteiger partial charge in [-0.05, 0) is 38.1 Å². The van der Waals surface area contributed by atoms with Gasteiger partial charge in [0.1, 0.15) is 5.82 Å². The number of hydrogen-bond acceptors (Lipinski definition) is 3. The van der Waals surface area contributed by atoms with Crippen LogP contribution in [0.3, 0.4) is 0 Å². The van der Waals surface area contributed by atoms with E-state index in [0.717, 1.165) is 12.1 Å². The van der Waals surface area contributed by atoms with Crippen molar-refractivity contribution in [1.82, 2.24) is 4.90 Å². The predicted molar refractivity (Wildman–Crippen MR) is 82.2 cm³/mol. The van der Waals surface area contributed by atoms with Gasteiger partial charge in [0.25, 0.3) is 0 Å². The molecule has 21 heavy (non-hydrogen) atoms. The van der Waals surface area contributed by atoms with Crippen LogP contribution in [-0.2, 0) is 6.54 Å². The van der Waals surface area contributed by atoms with Crippen molar-refractivity contribution in [3.63, 3.8) is 0 Å². The summed E-state index contributed by atoms with van der Waals surface area (Å²) in [5.74, 6) is 5.12. The molecule has 0 saturated heterocycles. The molecule has 116 valence electrons. The summed E-state index contributed by atoms with van der Waals surface area (Å²) in [6.07, 6.45) is 0.337. The average Bonchev–Trinajstić information content (AvgIpc) is 2.40. The molecular formula is C17H24FNO2. The van der Waals surface area contributed by atoms with Gasteiger partial charge in [-0.25, -0.2) is 4.39 Å². The molecule has 0 aliphatic heterocycles. The van der Waals surface area contributed by atoms with Crippen LogP contribution >= 0.6 is 0 Å². The summed E-state index contributed by atoms with van der Waals surface area (Å²) < 4.78 is 13.7. The zero-order valence-corrected chi connectivity index (χ0v) is 13.0. The summed E-state index contributed by atoms with van der Waals surface area (Å²) in [4.78, 5) is 2.10. The van der Waals surface area contributed by atoms with Crippen LogP contribution in [0.4, 0.5) is 4.39 Å². The second kappa shape index (κ2) is 8.14. The maximum atomic E-state index is 13.7. The number of nitrogens with zero attached hydrogens (tertiary/aromatic N) is 1. The van der Waals surface area contributed by atoms with Crippen molar-refractivity contribution in [1.29, 1.82) is 0 Å². The van der Waals surface area contributed by atoms with Crippen LogP contribution in [0.15, 0.2) is 18.2 Å². The zero-order chi connectivity index (χ0) is 15.9. The number of benzene rings is 1. The third-order valence-corrected chi connectivity index (χ3v) is 2.95. The molecule has 0 amide bonds. The first-order valence-corrected chi connectivity index (χ1v) is 7.18. The van der Waals surface area contributed by atoms with Crippen molar-refractivity contribution in [2.24, 2.45) is 0 Å². The van der Waals surface area contributed by atoms with Crippen molar-refractivity contribution < 1.29 is 14.6 Å². The number of hydrogen-bond donors (Lipinski definition) is 2. The SMILES string of the molecule is CCN(Cc1ccc(F)c(C#CCCO)c1)CC(C)(C)O. The fraction of sp³-hybridized carbons (Fsp3) is 0.529. The highest BCUT2D eigenvalue weighted by Gasteiger charge is 2.17. The average molecular weight is 293 g/mol. The maximum Gasteiger partial charge on any atom is 0.138 e. The van der Waals surface area contributed by atoms with Crippen LogP contribution in [0.2, 0.25) is 0 Å². The predicted octanol–water partition coefficient (Wildman–Crippen LogP) is 2.15. The summed E-state index contributed by atoms with van der Waals surface area (Å²) >= 11 is 0. The Morgan fingerprint density at radius 3 is 2.62 bits per heavy atom. The molecule has 0 aromatic heterocycles. The largest absolute Gasteiger partial charge is 0.395 e. The summed E-state index contributed by atoms with van der Waals surface area (Å²) in [5, 5.41) is 18.6. The lowest BCUT2D eigenvalue weighted by molar-refractivity contribution is 0.0353. The Labute approximate surface area is 126 Å². The highest BCUT2D eigenvalue weighted by atomic mass is 19.1. The molecule has 0 radical (unpaired) electrons. The number of rotatable bonds is 6. The molecule has 0 fully saturated rings. The highest BCUT2D eigenvalue weighted by molar-refractivity contribution is 5.38. The van der Waals surface area contributed by atoms with Crippen LogP contribution in [-0.4, -0.2) is 40.4 Å². The number of aliphatic hydroxyl groups is 2. The zero-order valence-electron chi connectivity index (χ0n) is 13.0. The fourth-order valence-electron chi connectivity index (χ4n) is 2.07. The number of likely N-dealkylation sites (N-methyl/N-ethyl adjacent to an activating group) is 1. The van der Waals surface area contributed by atoms with Crippen LogP contribution in [0.1, 0.15) is 38.3 Å². The van der Waals surface area contributed by atoms with E-state index >= 15 is 0 Å². The van der Waals surface area contributed by atoms with Crippen molar-refractivity contribution >= 4 is 0 Å². The van der Waals surface area contributed by atoms with Gasteiger partial charge in [0, 0.05) is 19.5 Å². The summed E-state index contributed by atoms with van der Waals surface area (Å²) in [5.41, 5.74) is 0.538. The Morgan fingerprint density at radius 1 is 1.33 bits per heavy atom. The minimum Gasteiger partial charge on any atom is -0.395 e. The van der Waals surface area contributed by atoms with E-state index in [1.807, 2.05) is 6.92 Å². The highest BCUT2D eigenvalue weighted by Crippen LogP contribution is 2.14. The third kappa shape index (κ3) is 6.72. The van der Waals surface area contributed by atoms with E-state index < -0.39 is 5.60 Å². The fourth-order valence-corrected chi connectivity index (χ4v) is 2.07. The molecule has 0 unspecified atom stereocenters. The number of aliphatic hydroxyl groups excluding tert-OH is 1. The van der Waals surface area contributed by atoms with Gasteiger partial charge in [-0.3, -0.25) is 4.90 Å². The Kier molecular flexibility index (Phi) is 6.83. The molecule has 0 bridgehead atoms. The Bertz CT molecular complexity index is 512. The molecule has 1 aromatic rings. The first-order chi connectivity index (χ1) is 9.85. The van der Waals surface area contributed by atoms with Gasteiger partial charge in [0.15, 0.2) is 0 Å². The molecule has 1 aromatic carbocycles.